The molecule has 0 aromatic heterocycles. The van der Waals surface area contributed by atoms with Gasteiger partial charge in [-0.2, -0.15) is 4.31 Å². The third-order valence-corrected chi connectivity index (χ3v) is 4.76. The maximum Gasteiger partial charge on any atom is 0.337 e. The van der Waals surface area contributed by atoms with E-state index in [-0.39, 0.29) is 13.1 Å². The Morgan fingerprint density at radius 2 is 2.05 bits per heavy atom. The Morgan fingerprint density at radius 1 is 1.43 bits per heavy atom. The molecule has 10 heteroatoms. The maximum absolute atomic E-state index is 12.3. The lowest BCUT2D eigenvalue weighted by atomic mass is 10.2. The number of non-ortho nitro benzene ring substituents is 1. The summed E-state index contributed by atoms with van der Waals surface area (Å²) in [5, 5.41) is 28.6. The van der Waals surface area contributed by atoms with E-state index in [4.69, 9.17) is 10.2 Å². The lowest BCUT2D eigenvalue weighted by Crippen LogP contribution is -2.34. The summed E-state index contributed by atoms with van der Waals surface area (Å²) >= 11 is 0. The number of nitrogens with zero attached hydrogens (tertiary/aromatic N) is 2. The quantitative estimate of drug-likeness (QED) is 0.544. The molecule has 0 bridgehead atoms. The number of carbonyl (C=O) groups is 1. The smallest absolute Gasteiger partial charge is 0.337 e. The number of carboxylic acids is 1. The molecular weight excluding hydrogens is 304 g/mol. The predicted molar refractivity (Wildman–Crippen MR) is 71.6 cm³/mol. The standard InChI is InChI=1S/C11H14N2O7S/c1-2-12(5-6-14)21(19,20)10-4-3-8(13(17)18)7-9(10)11(15)16/h3-4,7,14H,2,5-6H2,1H3,(H,15,16). The SMILES string of the molecule is CCN(CCO)S(=O)(=O)c1ccc([N+](=O)[O-])cc1C(=O)O. The van der Waals surface area contributed by atoms with Crippen LogP contribution in [0.25, 0.3) is 0 Å². The summed E-state index contributed by atoms with van der Waals surface area (Å²) in [5.74, 6) is -1.59. The first kappa shape index (κ1) is 17.0. The number of aliphatic hydroxyl groups excluding tert-OH is 1. The Balaban J connectivity index is 3.48. The van der Waals surface area contributed by atoms with E-state index < -0.39 is 43.7 Å². The van der Waals surface area contributed by atoms with Gasteiger partial charge in [0.2, 0.25) is 10.0 Å². The molecule has 1 rings (SSSR count). The summed E-state index contributed by atoms with van der Waals surface area (Å²) in [7, 11) is -4.16. The Morgan fingerprint density at radius 3 is 2.48 bits per heavy atom. The van der Waals surface area contributed by atoms with Crippen LogP contribution in [0.1, 0.15) is 17.3 Å². The van der Waals surface area contributed by atoms with Crippen LogP contribution in [0, 0.1) is 10.1 Å². The molecule has 0 aliphatic rings. The van der Waals surface area contributed by atoms with Gasteiger partial charge in [0, 0.05) is 25.2 Å². The first-order valence-corrected chi connectivity index (χ1v) is 7.32. The first-order chi connectivity index (χ1) is 9.75. The molecule has 0 saturated heterocycles. The molecule has 0 spiro atoms. The number of aliphatic hydroxyl groups is 1. The van der Waals surface area contributed by atoms with Gasteiger partial charge < -0.3 is 10.2 Å². The van der Waals surface area contributed by atoms with Gasteiger partial charge in [-0.05, 0) is 6.07 Å². The summed E-state index contributed by atoms with van der Waals surface area (Å²) in [6.45, 7) is 0.926. The van der Waals surface area contributed by atoms with E-state index in [9.17, 15) is 23.3 Å². The normalized spacial score (nSPS) is 11.6. The van der Waals surface area contributed by atoms with Gasteiger partial charge in [-0.15, -0.1) is 0 Å². The molecule has 1 aromatic rings. The van der Waals surface area contributed by atoms with Crippen molar-refractivity contribution in [2.75, 3.05) is 19.7 Å². The van der Waals surface area contributed by atoms with Crippen molar-refractivity contribution in [3.05, 3.63) is 33.9 Å². The van der Waals surface area contributed by atoms with Crippen molar-refractivity contribution >= 4 is 21.7 Å². The zero-order valence-electron chi connectivity index (χ0n) is 11.1. The Bertz CT molecular complexity index is 657. The minimum absolute atomic E-state index is 0.0267. The molecule has 0 atom stereocenters. The fourth-order valence-electron chi connectivity index (χ4n) is 1.72. The van der Waals surface area contributed by atoms with E-state index in [2.05, 4.69) is 0 Å². The topological polar surface area (TPSA) is 138 Å². The molecule has 2 N–H and O–H groups in total. The van der Waals surface area contributed by atoms with Gasteiger partial charge in [0.05, 0.1) is 22.0 Å². The number of benzene rings is 1. The number of sulfonamides is 1. The lowest BCUT2D eigenvalue weighted by Gasteiger charge is -2.20. The highest BCUT2D eigenvalue weighted by Gasteiger charge is 2.29. The molecule has 21 heavy (non-hydrogen) atoms. The van der Waals surface area contributed by atoms with E-state index in [1.807, 2.05) is 0 Å². The van der Waals surface area contributed by atoms with E-state index in [1.54, 1.807) is 0 Å². The number of hydrogen-bond acceptors (Lipinski definition) is 6. The molecular formula is C11H14N2O7S. The van der Waals surface area contributed by atoms with Gasteiger partial charge in [-0.1, -0.05) is 6.92 Å². The van der Waals surface area contributed by atoms with Crippen LogP contribution < -0.4 is 0 Å². The maximum atomic E-state index is 12.3. The molecule has 0 amide bonds. The summed E-state index contributed by atoms with van der Waals surface area (Å²) in [6, 6.07) is 2.51. The van der Waals surface area contributed by atoms with Gasteiger partial charge in [-0.25, -0.2) is 13.2 Å². The van der Waals surface area contributed by atoms with Crippen molar-refractivity contribution in [1.82, 2.24) is 4.31 Å². The highest BCUT2D eigenvalue weighted by atomic mass is 32.2. The largest absolute Gasteiger partial charge is 0.478 e. The molecule has 0 fully saturated rings. The average Bonchev–Trinajstić information content (AvgIpc) is 2.43. The van der Waals surface area contributed by atoms with Gasteiger partial charge in [0.25, 0.3) is 5.69 Å². The number of hydrogen-bond donors (Lipinski definition) is 2. The second-order valence-corrected chi connectivity index (χ2v) is 5.87. The molecule has 0 heterocycles. The third-order valence-electron chi connectivity index (χ3n) is 2.72. The van der Waals surface area contributed by atoms with Crippen molar-refractivity contribution in [3.8, 4) is 0 Å². The van der Waals surface area contributed by atoms with Crippen LogP contribution >= 0.6 is 0 Å². The summed E-state index contributed by atoms with van der Waals surface area (Å²) in [5.41, 5.74) is -1.20. The first-order valence-electron chi connectivity index (χ1n) is 5.88. The van der Waals surface area contributed by atoms with Gasteiger partial charge in [0.1, 0.15) is 0 Å². The van der Waals surface area contributed by atoms with Crippen molar-refractivity contribution in [2.45, 2.75) is 11.8 Å². The molecule has 116 valence electrons. The Labute approximate surface area is 120 Å². The fraction of sp³-hybridized carbons (Fsp3) is 0.364. The summed E-state index contributed by atoms with van der Waals surface area (Å²) in [4.78, 5) is 20.4. The van der Waals surface area contributed by atoms with Crippen LogP contribution in [0.3, 0.4) is 0 Å². The highest BCUT2D eigenvalue weighted by molar-refractivity contribution is 7.89. The molecule has 0 saturated carbocycles. The van der Waals surface area contributed by atoms with E-state index in [1.165, 1.54) is 6.92 Å². The molecule has 0 unspecified atom stereocenters. The van der Waals surface area contributed by atoms with Crippen LogP contribution in [-0.2, 0) is 10.0 Å². The number of aromatic carboxylic acids is 1. The lowest BCUT2D eigenvalue weighted by molar-refractivity contribution is -0.384. The van der Waals surface area contributed by atoms with Crippen molar-refractivity contribution in [1.29, 1.82) is 0 Å². The van der Waals surface area contributed by atoms with Crippen LogP contribution in [0.2, 0.25) is 0 Å². The zero-order valence-corrected chi connectivity index (χ0v) is 11.9. The number of nitro groups is 1. The monoisotopic (exact) mass is 318 g/mol. The number of carboxylic acid groups (broad SMARTS) is 1. The number of nitro benzene ring substituents is 1. The van der Waals surface area contributed by atoms with Crippen molar-refractivity contribution in [3.63, 3.8) is 0 Å². The van der Waals surface area contributed by atoms with Crippen LogP contribution in [-0.4, -0.2) is 53.5 Å². The predicted octanol–water partition coefficient (Wildman–Crippen LogP) is 0.296. The zero-order chi connectivity index (χ0) is 16.2. The average molecular weight is 318 g/mol. The second-order valence-electron chi connectivity index (χ2n) is 3.96. The van der Waals surface area contributed by atoms with Crippen molar-refractivity contribution in [2.24, 2.45) is 0 Å². The van der Waals surface area contributed by atoms with Gasteiger partial charge in [0.15, 0.2) is 0 Å². The van der Waals surface area contributed by atoms with Crippen LogP contribution in [0.4, 0.5) is 5.69 Å². The molecule has 9 nitrogen and oxygen atoms in total. The van der Waals surface area contributed by atoms with Gasteiger partial charge >= 0.3 is 5.97 Å². The van der Waals surface area contributed by atoms with E-state index in [0.717, 1.165) is 16.4 Å². The minimum atomic E-state index is -4.16. The van der Waals surface area contributed by atoms with Crippen LogP contribution in [0.15, 0.2) is 23.1 Å². The van der Waals surface area contributed by atoms with Crippen molar-refractivity contribution < 1.29 is 28.3 Å². The summed E-state index contributed by atoms with van der Waals surface area (Å²) in [6.07, 6.45) is 0. The Hall–Kier alpha value is -2.04. The van der Waals surface area contributed by atoms with E-state index >= 15 is 0 Å². The van der Waals surface area contributed by atoms with E-state index in [0.29, 0.717) is 6.07 Å². The number of rotatable bonds is 7. The third kappa shape index (κ3) is 3.54. The second kappa shape index (κ2) is 6.61. The molecule has 0 aliphatic heterocycles. The molecule has 0 aliphatic carbocycles. The molecule has 1 aromatic carbocycles. The fourth-order valence-corrected chi connectivity index (χ4v) is 3.33. The minimum Gasteiger partial charge on any atom is -0.478 e. The van der Waals surface area contributed by atoms with Crippen LogP contribution in [0.5, 0.6) is 0 Å². The highest BCUT2D eigenvalue weighted by Crippen LogP contribution is 2.24. The Kier molecular flexibility index (Phi) is 5.35. The number of likely N-dealkylation sites (N-methyl/N-ethyl adjacent to an activating group) is 1. The summed E-state index contributed by atoms with van der Waals surface area (Å²) < 4.78 is 25.6. The van der Waals surface area contributed by atoms with Gasteiger partial charge in [-0.3, -0.25) is 10.1 Å². The molecule has 0 radical (unpaired) electrons.